The van der Waals surface area contributed by atoms with Gasteiger partial charge in [-0.1, -0.05) is 26.2 Å². The number of hydrogen-bond donors (Lipinski definition) is 1. The summed E-state index contributed by atoms with van der Waals surface area (Å²) >= 11 is 0. The third-order valence-electron chi connectivity index (χ3n) is 4.55. The molecule has 2 nitrogen and oxygen atoms in total. The quantitative estimate of drug-likeness (QED) is 0.733. The summed E-state index contributed by atoms with van der Waals surface area (Å²) in [5.74, 6) is 0. The third-order valence-corrected chi connectivity index (χ3v) is 4.55. The predicted molar refractivity (Wildman–Crippen MR) is 74.4 cm³/mol. The summed E-state index contributed by atoms with van der Waals surface area (Å²) in [6.45, 7) is 7.20. The topological polar surface area (TPSA) is 15.3 Å². The van der Waals surface area contributed by atoms with Crippen molar-refractivity contribution in [1.29, 1.82) is 0 Å². The lowest BCUT2D eigenvalue weighted by Gasteiger charge is -2.38. The van der Waals surface area contributed by atoms with E-state index in [4.69, 9.17) is 0 Å². The Bertz CT molecular complexity index is 207. The summed E-state index contributed by atoms with van der Waals surface area (Å²) in [5.41, 5.74) is 0. The van der Waals surface area contributed by atoms with E-state index in [1.165, 1.54) is 64.5 Å². The molecule has 0 bridgehead atoms. The summed E-state index contributed by atoms with van der Waals surface area (Å²) in [4.78, 5) is 2.76. The lowest BCUT2D eigenvalue weighted by Crippen LogP contribution is -2.43. The highest BCUT2D eigenvalue weighted by Gasteiger charge is 2.24. The molecule has 0 aromatic rings. The summed E-state index contributed by atoms with van der Waals surface area (Å²) in [6.07, 6.45) is 11.4. The molecule has 1 N–H and O–H groups in total. The first-order valence-electron chi connectivity index (χ1n) is 7.80. The number of rotatable bonds is 7. The number of nitrogens with one attached hydrogen (secondary N) is 1. The third kappa shape index (κ3) is 4.26. The Balaban J connectivity index is 1.70. The van der Waals surface area contributed by atoms with Crippen LogP contribution >= 0.6 is 0 Å². The molecule has 2 rings (SSSR count). The summed E-state index contributed by atoms with van der Waals surface area (Å²) in [5, 5.41) is 3.64. The summed E-state index contributed by atoms with van der Waals surface area (Å²) in [6, 6.07) is 2.51. The zero-order valence-corrected chi connectivity index (χ0v) is 11.8. The summed E-state index contributed by atoms with van der Waals surface area (Å²) < 4.78 is 0. The Morgan fingerprint density at radius 3 is 2.41 bits per heavy atom. The van der Waals surface area contributed by atoms with E-state index >= 15 is 0 Å². The Morgan fingerprint density at radius 1 is 1.12 bits per heavy atom. The minimum atomic E-state index is 0.759. The Labute approximate surface area is 107 Å². The molecule has 0 aromatic heterocycles. The molecule has 0 saturated heterocycles. The average Bonchev–Trinajstić information content (AvgIpc) is 3.15. The fraction of sp³-hybridized carbons (Fsp3) is 1.00. The van der Waals surface area contributed by atoms with E-state index in [9.17, 15) is 0 Å². The molecule has 2 aliphatic rings. The van der Waals surface area contributed by atoms with Crippen LogP contribution in [0, 0.1) is 0 Å². The average molecular weight is 238 g/mol. The van der Waals surface area contributed by atoms with Crippen LogP contribution in [-0.4, -0.2) is 36.1 Å². The minimum Gasteiger partial charge on any atom is -0.314 e. The lowest BCUT2D eigenvalue weighted by atomic mass is 9.93. The molecule has 2 saturated carbocycles. The van der Waals surface area contributed by atoms with Gasteiger partial charge < -0.3 is 5.32 Å². The van der Waals surface area contributed by atoms with Gasteiger partial charge in [0.15, 0.2) is 0 Å². The standard InChI is InChI=1S/C15H30N2/c1-3-17(15-7-5-4-6-8-15)13(2)11-12-16-14-9-10-14/h13-16H,3-12H2,1-2H3. The molecule has 0 heterocycles. The van der Waals surface area contributed by atoms with E-state index in [-0.39, 0.29) is 0 Å². The van der Waals surface area contributed by atoms with E-state index in [0.717, 1.165) is 18.1 Å². The van der Waals surface area contributed by atoms with E-state index < -0.39 is 0 Å². The maximum Gasteiger partial charge on any atom is 0.00979 e. The Kier molecular flexibility index (Phi) is 5.30. The van der Waals surface area contributed by atoms with E-state index in [1.807, 2.05) is 0 Å². The molecule has 0 aliphatic heterocycles. The van der Waals surface area contributed by atoms with Crippen molar-refractivity contribution < 1.29 is 0 Å². The van der Waals surface area contributed by atoms with Crippen molar-refractivity contribution >= 4 is 0 Å². The lowest BCUT2D eigenvalue weighted by molar-refractivity contribution is 0.114. The van der Waals surface area contributed by atoms with Crippen LogP contribution in [0.1, 0.15) is 65.2 Å². The zero-order chi connectivity index (χ0) is 12.1. The van der Waals surface area contributed by atoms with Gasteiger partial charge in [-0.05, 0) is 52.1 Å². The van der Waals surface area contributed by atoms with Crippen LogP contribution in [0.25, 0.3) is 0 Å². The van der Waals surface area contributed by atoms with Gasteiger partial charge in [-0.25, -0.2) is 0 Å². The monoisotopic (exact) mass is 238 g/mol. The molecule has 2 heteroatoms. The molecule has 0 spiro atoms. The van der Waals surface area contributed by atoms with Crippen molar-refractivity contribution in [3.8, 4) is 0 Å². The fourth-order valence-corrected chi connectivity index (χ4v) is 3.29. The van der Waals surface area contributed by atoms with Gasteiger partial charge in [0.1, 0.15) is 0 Å². The van der Waals surface area contributed by atoms with Gasteiger partial charge in [-0.3, -0.25) is 4.90 Å². The van der Waals surface area contributed by atoms with Crippen LogP contribution in [0.5, 0.6) is 0 Å². The van der Waals surface area contributed by atoms with Crippen molar-refractivity contribution in [1.82, 2.24) is 10.2 Å². The SMILES string of the molecule is CCN(C(C)CCNC1CC1)C1CCCCC1. The molecule has 2 aliphatic carbocycles. The molecule has 17 heavy (non-hydrogen) atoms. The molecular formula is C15H30N2. The molecule has 0 radical (unpaired) electrons. The smallest absolute Gasteiger partial charge is 0.00979 e. The second-order valence-electron chi connectivity index (χ2n) is 5.99. The van der Waals surface area contributed by atoms with Gasteiger partial charge in [-0.15, -0.1) is 0 Å². The fourth-order valence-electron chi connectivity index (χ4n) is 3.29. The van der Waals surface area contributed by atoms with Gasteiger partial charge in [-0.2, -0.15) is 0 Å². The van der Waals surface area contributed by atoms with Crippen molar-refractivity contribution in [2.24, 2.45) is 0 Å². The molecule has 0 amide bonds. The van der Waals surface area contributed by atoms with Gasteiger partial charge in [0.25, 0.3) is 0 Å². The van der Waals surface area contributed by atoms with Gasteiger partial charge in [0.2, 0.25) is 0 Å². The number of hydrogen-bond acceptors (Lipinski definition) is 2. The highest BCUT2D eigenvalue weighted by atomic mass is 15.2. The maximum absolute atomic E-state index is 3.64. The van der Waals surface area contributed by atoms with Crippen LogP contribution in [-0.2, 0) is 0 Å². The van der Waals surface area contributed by atoms with Crippen LogP contribution < -0.4 is 5.32 Å². The second kappa shape index (κ2) is 6.75. The Hall–Kier alpha value is -0.0800. The Morgan fingerprint density at radius 2 is 1.82 bits per heavy atom. The first-order valence-corrected chi connectivity index (χ1v) is 7.80. The van der Waals surface area contributed by atoms with Crippen LogP contribution in [0.3, 0.4) is 0 Å². The number of nitrogens with zero attached hydrogens (tertiary/aromatic N) is 1. The largest absolute Gasteiger partial charge is 0.314 e. The molecule has 100 valence electrons. The first kappa shape index (κ1) is 13.4. The van der Waals surface area contributed by atoms with Crippen LogP contribution in [0.4, 0.5) is 0 Å². The first-order chi connectivity index (χ1) is 8.31. The second-order valence-corrected chi connectivity index (χ2v) is 5.99. The van der Waals surface area contributed by atoms with Gasteiger partial charge >= 0.3 is 0 Å². The molecule has 0 aromatic carbocycles. The zero-order valence-electron chi connectivity index (χ0n) is 11.8. The van der Waals surface area contributed by atoms with Crippen LogP contribution in [0.15, 0.2) is 0 Å². The van der Waals surface area contributed by atoms with Gasteiger partial charge in [0.05, 0.1) is 0 Å². The van der Waals surface area contributed by atoms with Crippen molar-refractivity contribution in [3.05, 3.63) is 0 Å². The van der Waals surface area contributed by atoms with Crippen molar-refractivity contribution in [2.45, 2.75) is 83.3 Å². The van der Waals surface area contributed by atoms with E-state index in [2.05, 4.69) is 24.1 Å². The van der Waals surface area contributed by atoms with Crippen molar-refractivity contribution in [3.63, 3.8) is 0 Å². The minimum absolute atomic E-state index is 0.759. The summed E-state index contributed by atoms with van der Waals surface area (Å²) in [7, 11) is 0. The predicted octanol–water partition coefficient (Wildman–Crippen LogP) is 3.17. The highest BCUT2D eigenvalue weighted by molar-refractivity contribution is 4.83. The highest BCUT2D eigenvalue weighted by Crippen LogP contribution is 2.25. The maximum atomic E-state index is 3.64. The molecule has 1 unspecified atom stereocenters. The van der Waals surface area contributed by atoms with E-state index in [0.29, 0.717) is 0 Å². The van der Waals surface area contributed by atoms with Crippen LogP contribution in [0.2, 0.25) is 0 Å². The molecular weight excluding hydrogens is 208 g/mol. The molecule has 2 fully saturated rings. The van der Waals surface area contributed by atoms with Crippen molar-refractivity contribution in [2.75, 3.05) is 13.1 Å². The molecule has 1 atom stereocenters. The van der Waals surface area contributed by atoms with E-state index in [1.54, 1.807) is 0 Å². The van der Waals surface area contributed by atoms with Gasteiger partial charge in [0, 0.05) is 18.1 Å². The normalized spacial score (nSPS) is 24.2.